The van der Waals surface area contributed by atoms with Gasteiger partial charge in [0.05, 0.1) is 11.4 Å². The van der Waals surface area contributed by atoms with Crippen molar-refractivity contribution in [2.45, 2.75) is 11.6 Å². The van der Waals surface area contributed by atoms with Crippen molar-refractivity contribution in [3.05, 3.63) is 64.5 Å². The van der Waals surface area contributed by atoms with Crippen LogP contribution in [0.3, 0.4) is 0 Å². The second-order valence-corrected chi connectivity index (χ2v) is 8.10. The maximum Gasteiger partial charge on any atom is 0.230 e. The van der Waals surface area contributed by atoms with Crippen LogP contribution < -0.4 is 5.32 Å². The molecular formula is C19H16BrFN6OS. The van der Waals surface area contributed by atoms with Gasteiger partial charge in [0.15, 0.2) is 0 Å². The Kier molecular flexibility index (Phi) is 5.91. The number of benzene rings is 2. The standard InChI is InChI=1S/C19H16BrFN6OS/c20-13-1-4-15(5-2-13)27-19(24-25-26-27)29-11-18(28)22-8-7-12-10-23-17-6-3-14(21)9-16(12)17/h1-6,9-10,23H,7-8,11H2,(H,22,28). The molecule has 0 atom stereocenters. The first-order chi connectivity index (χ1) is 14.1. The molecule has 2 N–H and O–H groups in total. The molecule has 1 amide bonds. The molecule has 0 spiro atoms. The predicted octanol–water partition coefficient (Wildman–Crippen LogP) is 3.50. The molecule has 0 aliphatic carbocycles. The number of halogens is 2. The maximum atomic E-state index is 13.4. The normalized spacial score (nSPS) is 11.1. The molecule has 0 bridgehead atoms. The third-order valence-electron chi connectivity index (χ3n) is 4.29. The highest BCUT2D eigenvalue weighted by Gasteiger charge is 2.12. The average molecular weight is 475 g/mol. The van der Waals surface area contributed by atoms with Crippen LogP contribution in [0.2, 0.25) is 0 Å². The highest BCUT2D eigenvalue weighted by Crippen LogP contribution is 2.21. The minimum atomic E-state index is -0.276. The summed E-state index contributed by atoms with van der Waals surface area (Å²) < 4.78 is 16.0. The average Bonchev–Trinajstić information content (AvgIpc) is 3.34. The third-order valence-corrected chi connectivity index (χ3v) is 5.74. The van der Waals surface area contributed by atoms with Crippen molar-refractivity contribution in [1.29, 1.82) is 0 Å². The van der Waals surface area contributed by atoms with Crippen molar-refractivity contribution in [2.75, 3.05) is 12.3 Å². The Morgan fingerprint density at radius 3 is 2.90 bits per heavy atom. The Morgan fingerprint density at radius 1 is 1.24 bits per heavy atom. The zero-order chi connectivity index (χ0) is 20.2. The van der Waals surface area contributed by atoms with Crippen molar-refractivity contribution < 1.29 is 9.18 Å². The second-order valence-electron chi connectivity index (χ2n) is 6.24. The van der Waals surface area contributed by atoms with Crippen molar-refractivity contribution in [3.63, 3.8) is 0 Å². The van der Waals surface area contributed by atoms with Gasteiger partial charge < -0.3 is 10.3 Å². The molecule has 2 aromatic carbocycles. The smallest absolute Gasteiger partial charge is 0.230 e. The van der Waals surface area contributed by atoms with E-state index in [-0.39, 0.29) is 17.5 Å². The largest absolute Gasteiger partial charge is 0.361 e. The molecule has 2 aromatic heterocycles. The summed E-state index contributed by atoms with van der Waals surface area (Å²) in [4.78, 5) is 15.3. The number of thioether (sulfide) groups is 1. The van der Waals surface area contributed by atoms with Gasteiger partial charge in [-0.25, -0.2) is 4.39 Å². The molecule has 148 valence electrons. The lowest BCUT2D eigenvalue weighted by Gasteiger charge is -2.06. The summed E-state index contributed by atoms with van der Waals surface area (Å²) in [6.07, 6.45) is 2.45. The molecule has 10 heteroatoms. The number of carbonyl (C=O) groups is 1. The van der Waals surface area contributed by atoms with Gasteiger partial charge >= 0.3 is 0 Å². The summed E-state index contributed by atoms with van der Waals surface area (Å²) in [7, 11) is 0. The van der Waals surface area contributed by atoms with E-state index < -0.39 is 0 Å². The fourth-order valence-electron chi connectivity index (χ4n) is 2.89. The van der Waals surface area contributed by atoms with Gasteiger partial charge in [-0.15, -0.1) is 5.10 Å². The predicted molar refractivity (Wildman–Crippen MR) is 113 cm³/mol. The third kappa shape index (κ3) is 4.65. The van der Waals surface area contributed by atoms with Crippen molar-refractivity contribution in [3.8, 4) is 5.69 Å². The SMILES string of the molecule is O=C(CSc1nnnn1-c1ccc(Br)cc1)NCCc1c[nH]c2ccc(F)cc12. The number of carbonyl (C=O) groups excluding carboxylic acids is 1. The Hall–Kier alpha value is -2.72. The Balaban J connectivity index is 1.30. The lowest BCUT2D eigenvalue weighted by atomic mass is 10.1. The van der Waals surface area contributed by atoms with Crippen molar-refractivity contribution in [2.24, 2.45) is 0 Å². The van der Waals surface area contributed by atoms with E-state index in [1.165, 1.54) is 23.9 Å². The van der Waals surface area contributed by atoms with Gasteiger partial charge in [-0.3, -0.25) is 4.79 Å². The first kappa shape index (κ1) is 19.6. The highest BCUT2D eigenvalue weighted by molar-refractivity contribution is 9.10. The van der Waals surface area contributed by atoms with Crippen LogP contribution in [0.1, 0.15) is 5.56 Å². The number of fused-ring (bicyclic) bond motifs is 1. The van der Waals surface area contributed by atoms with Gasteiger partial charge in [-0.05, 0) is 64.9 Å². The van der Waals surface area contributed by atoms with Crippen LogP contribution in [0.15, 0.2) is 58.3 Å². The number of tetrazole rings is 1. The number of H-pyrrole nitrogens is 1. The lowest BCUT2D eigenvalue weighted by Crippen LogP contribution is -2.27. The van der Waals surface area contributed by atoms with Crippen LogP contribution in [0.5, 0.6) is 0 Å². The number of hydrogen-bond donors (Lipinski definition) is 2. The molecule has 29 heavy (non-hydrogen) atoms. The summed E-state index contributed by atoms with van der Waals surface area (Å²) in [6, 6.07) is 12.2. The molecule has 2 heterocycles. The Labute approximate surface area is 178 Å². The van der Waals surface area contributed by atoms with Crippen LogP contribution >= 0.6 is 27.7 Å². The van der Waals surface area contributed by atoms with Gasteiger partial charge in [0.2, 0.25) is 11.1 Å². The molecule has 0 aliphatic rings. The van der Waals surface area contributed by atoms with Crippen molar-refractivity contribution >= 4 is 44.5 Å². The zero-order valence-electron chi connectivity index (χ0n) is 15.1. The minimum Gasteiger partial charge on any atom is -0.361 e. The number of hydrogen-bond acceptors (Lipinski definition) is 5. The van der Waals surface area contributed by atoms with Gasteiger partial charge in [-0.1, -0.05) is 27.7 Å². The van der Waals surface area contributed by atoms with Gasteiger partial charge in [0.25, 0.3) is 0 Å². The number of aromatic amines is 1. The number of nitrogens with zero attached hydrogens (tertiary/aromatic N) is 4. The molecule has 0 aliphatic heterocycles. The molecule has 0 radical (unpaired) electrons. The van der Waals surface area contributed by atoms with E-state index in [0.29, 0.717) is 18.1 Å². The minimum absolute atomic E-state index is 0.119. The molecule has 0 saturated carbocycles. The monoisotopic (exact) mass is 474 g/mol. The number of rotatable bonds is 7. The first-order valence-corrected chi connectivity index (χ1v) is 10.6. The van der Waals surface area contributed by atoms with Crippen LogP contribution in [0, 0.1) is 5.82 Å². The van der Waals surface area contributed by atoms with Crippen LogP contribution in [-0.2, 0) is 11.2 Å². The van der Waals surface area contributed by atoms with E-state index in [2.05, 4.69) is 41.8 Å². The molecule has 4 rings (SSSR count). The van der Waals surface area contributed by atoms with E-state index in [0.717, 1.165) is 26.6 Å². The molecule has 4 aromatic rings. The first-order valence-electron chi connectivity index (χ1n) is 8.79. The molecule has 0 fully saturated rings. The van der Waals surface area contributed by atoms with Gasteiger partial charge in [0.1, 0.15) is 5.82 Å². The van der Waals surface area contributed by atoms with Crippen LogP contribution in [0.4, 0.5) is 4.39 Å². The Morgan fingerprint density at radius 2 is 2.07 bits per heavy atom. The fourth-order valence-corrected chi connectivity index (χ4v) is 3.87. The van der Waals surface area contributed by atoms with E-state index >= 15 is 0 Å². The summed E-state index contributed by atoms with van der Waals surface area (Å²) in [5.74, 6) is -0.201. The summed E-state index contributed by atoms with van der Waals surface area (Å²) in [5, 5.41) is 15.9. The summed E-state index contributed by atoms with van der Waals surface area (Å²) in [6.45, 7) is 0.459. The van der Waals surface area contributed by atoms with E-state index in [9.17, 15) is 9.18 Å². The topological polar surface area (TPSA) is 88.5 Å². The fraction of sp³-hybridized carbons (Fsp3) is 0.158. The molecule has 0 unspecified atom stereocenters. The number of amides is 1. The van der Waals surface area contributed by atoms with E-state index in [1.54, 1.807) is 10.7 Å². The second kappa shape index (κ2) is 8.75. The molecular weight excluding hydrogens is 459 g/mol. The Bertz CT molecular complexity index is 1140. The summed E-state index contributed by atoms with van der Waals surface area (Å²) >= 11 is 4.65. The lowest BCUT2D eigenvalue weighted by molar-refractivity contribution is -0.118. The highest BCUT2D eigenvalue weighted by atomic mass is 79.9. The van der Waals surface area contributed by atoms with E-state index in [1.807, 2.05) is 30.5 Å². The maximum absolute atomic E-state index is 13.4. The van der Waals surface area contributed by atoms with Crippen LogP contribution in [0.25, 0.3) is 16.6 Å². The zero-order valence-corrected chi connectivity index (χ0v) is 17.5. The molecule has 7 nitrogen and oxygen atoms in total. The van der Waals surface area contributed by atoms with Crippen LogP contribution in [-0.4, -0.2) is 43.4 Å². The summed E-state index contributed by atoms with van der Waals surface area (Å²) in [5.41, 5.74) is 2.65. The number of aromatic nitrogens is 5. The van der Waals surface area contributed by atoms with Gasteiger partial charge in [-0.2, -0.15) is 4.68 Å². The quantitative estimate of drug-likeness (QED) is 0.400. The van der Waals surface area contributed by atoms with E-state index in [4.69, 9.17) is 0 Å². The van der Waals surface area contributed by atoms with Gasteiger partial charge in [0, 0.05) is 28.1 Å². The van der Waals surface area contributed by atoms with Crippen molar-refractivity contribution in [1.82, 2.24) is 30.5 Å². The number of nitrogens with one attached hydrogen (secondary N) is 2. The molecule has 0 saturated heterocycles.